The molecule has 1 amide bonds. The fourth-order valence-corrected chi connectivity index (χ4v) is 3.17. The van der Waals surface area contributed by atoms with Crippen molar-refractivity contribution in [2.24, 2.45) is 0 Å². The number of hydrogen-bond acceptors (Lipinski definition) is 3. The van der Waals surface area contributed by atoms with Gasteiger partial charge in [-0.25, -0.2) is 0 Å². The number of nitrogens with two attached hydrogens (primary N) is 1. The van der Waals surface area contributed by atoms with Crippen molar-refractivity contribution in [1.29, 1.82) is 0 Å². The smallest absolute Gasteiger partial charge is 0.222 e. The summed E-state index contributed by atoms with van der Waals surface area (Å²) in [7, 11) is 0. The Labute approximate surface area is 134 Å². The molecule has 1 fully saturated rings. The molecule has 4 heteroatoms. The minimum atomic E-state index is 0.226. The summed E-state index contributed by atoms with van der Waals surface area (Å²) in [5.41, 5.74) is 9.38. The number of piperidine rings is 1. The molecule has 1 heterocycles. The van der Waals surface area contributed by atoms with E-state index in [1.54, 1.807) is 0 Å². The van der Waals surface area contributed by atoms with Crippen molar-refractivity contribution in [2.75, 3.05) is 36.8 Å². The highest BCUT2D eigenvalue weighted by atomic mass is 16.2. The van der Waals surface area contributed by atoms with E-state index in [1.165, 1.54) is 19.3 Å². The molecular weight excluding hydrogens is 274 g/mol. The van der Waals surface area contributed by atoms with Crippen molar-refractivity contribution in [3.8, 4) is 0 Å². The summed E-state index contributed by atoms with van der Waals surface area (Å²) in [5.74, 6) is 0.226. The maximum absolute atomic E-state index is 12.1. The van der Waals surface area contributed by atoms with E-state index in [0.29, 0.717) is 6.42 Å². The minimum Gasteiger partial charge on any atom is -0.397 e. The summed E-state index contributed by atoms with van der Waals surface area (Å²) in [4.78, 5) is 16.3. The molecule has 1 saturated heterocycles. The zero-order valence-electron chi connectivity index (χ0n) is 14.0. The first-order valence-corrected chi connectivity index (χ1v) is 8.56. The van der Waals surface area contributed by atoms with Crippen LogP contribution in [0.2, 0.25) is 0 Å². The summed E-state index contributed by atoms with van der Waals surface area (Å²) in [6.07, 6.45) is 5.14. The van der Waals surface area contributed by atoms with Crippen LogP contribution >= 0.6 is 0 Å². The number of aryl methyl sites for hydroxylation is 1. The lowest BCUT2D eigenvalue weighted by Gasteiger charge is -2.30. The van der Waals surface area contributed by atoms with E-state index in [2.05, 4.69) is 17.0 Å². The summed E-state index contributed by atoms with van der Waals surface area (Å²) >= 11 is 0. The molecular formula is C18H29N3O. The lowest BCUT2D eigenvalue weighted by Crippen LogP contribution is -2.30. The molecule has 1 aromatic rings. The van der Waals surface area contributed by atoms with Gasteiger partial charge in [0, 0.05) is 32.6 Å². The molecule has 0 spiro atoms. The fourth-order valence-electron chi connectivity index (χ4n) is 3.17. The van der Waals surface area contributed by atoms with Crippen molar-refractivity contribution in [3.63, 3.8) is 0 Å². The Kier molecular flexibility index (Phi) is 6.10. The van der Waals surface area contributed by atoms with Gasteiger partial charge in [0.2, 0.25) is 5.91 Å². The lowest BCUT2D eigenvalue weighted by atomic mass is 10.1. The first kappa shape index (κ1) is 16.7. The van der Waals surface area contributed by atoms with Crippen LogP contribution in [0.5, 0.6) is 0 Å². The SMILES string of the molecule is CCN(CC)C(=O)CCc1ccc(N2CCCCC2)c(N)c1. The summed E-state index contributed by atoms with van der Waals surface area (Å²) in [6.45, 7) is 7.81. The normalized spacial score (nSPS) is 14.9. The number of rotatable bonds is 6. The van der Waals surface area contributed by atoms with Gasteiger partial charge in [0.15, 0.2) is 0 Å². The van der Waals surface area contributed by atoms with Gasteiger partial charge in [0.25, 0.3) is 0 Å². The molecule has 0 unspecified atom stereocenters. The quantitative estimate of drug-likeness (QED) is 0.822. The van der Waals surface area contributed by atoms with Gasteiger partial charge < -0.3 is 15.5 Å². The summed E-state index contributed by atoms with van der Waals surface area (Å²) in [6, 6.07) is 6.28. The molecule has 4 nitrogen and oxygen atoms in total. The van der Waals surface area contributed by atoms with Crippen molar-refractivity contribution < 1.29 is 4.79 Å². The number of nitrogens with zero attached hydrogens (tertiary/aromatic N) is 2. The van der Waals surface area contributed by atoms with E-state index in [9.17, 15) is 4.79 Å². The Morgan fingerprint density at radius 2 is 1.86 bits per heavy atom. The zero-order valence-corrected chi connectivity index (χ0v) is 14.0. The lowest BCUT2D eigenvalue weighted by molar-refractivity contribution is -0.130. The Morgan fingerprint density at radius 1 is 1.18 bits per heavy atom. The molecule has 0 aromatic heterocycles. The van der Waals surface area contributed by atoms with E-state index in [1.807, 2.05) is 24.8 Å². The number of carbonyl (C=O) groups is 1. The monoisotopic (exact) mass is 303 g/mol. The molecule has 0 radical (unpaired) electrons. The average molecular weight is 303 g/mol. The summed E-state index contributed by atoms with van der Waals surface area (Å²) < 4.78 is 0. The Hall–Kier alpha value is -1.71. The van der Waals surface area contributed by atoms with Crippen molar-refractivity contribution in [1.82, 2.24) is 4.90 Å². The van der Waals surface area contributed by atoms with Crippen LogP contribution in [0.15, 0.2) is 18.2 Å². The standard InChI is InChI=1S/C18H29N3O/c1-3-20(4-2)18(22)11-9-15-8-10-17(16(19)14-15)21-12-6-5-7-13-21/h8,10,14H,3-7,9,11-13,19H2,1-2H3. The molecule has 1 aromatic carbocycles. The van der Waals surface area contributed by atoms with Gasteiger partial charge in [-0.05, 0) is 57.2 Å². The van der Waals surface area contributed by atoms with Gasteiger partial charge in [0.1, 0.15) is 0 Å². The first-order chi connectivity index (χ1) is 10.7. The van der Waals surface area contributed by atoms with Crippen LogP contribution in [0.4, 0.5) is 11.4 Å². The second kappa shape index (κ2) is 8.06. The van der Waals surface area contributed by atoms with Gasteiger partial charge in [-0.1, -0.05) is 6.07 Å². The van der Waals surface area contributed by atoms with Gasteiger partial charge in [0.05, 0.1) is 11.4 Å². The molecule has 0 atom stereocenters. The van der Waals surface area contributed by atoms with Crippen molar-refractivity contribution in [3.05, 3.63) is 23.8 Å². The minimum absolute atomic E-state index is 0.226. The van der Waals surface area contributed by atoms with Crippen molar-refractivity contribution in [2.45, 2.75) is 46.0 Å². The van der Waals surface area contributed by atoms with Crippen LogP contribution in [0.3, 0.4) is 0 Å². The second-order valence-electron chi connectivity index (χ2n) is 6.01. The van der Waals surface area contributed by atoms with Gasteiger partial charge >= 0.3 is 0 Å². The highest BCUT2D eigenvalue weighted by Gasteiger charge is 2.14. The van der Waals surface area contributed by atoms with Gasteiger partial charge in [-0.3, -0.25) is 4.79 Å². The van der Waals surface area contributed by atoms with Gasteiger partial charge in [-0.15, -0.1) is 0 Å². The number of benzene rings is 1. The second-order valence-corrected chi connectivity index (χ2v) is 6.01. The van der Waals surface area contributed by atoms with Crippen LogP contribution in [-0.2, 0) is 11.2 Å². The molecule has 2 N–H and O–H groups in total. The highest BCUT2D eigenvalue weighted by Crippen LogP contribution is 2.27. The topological polar surface area (TPSA) is 49.6 Å². The van der Waals surface area contributed by atoms with Crippen LogP contribution < -0.4 is 10.6 Å². The molecule has 0 saturated carbocycles. The number of carbonyl (C=O) groups excluding carboxylic acids is 1. The number of amides is 1. The molecule has 1 aliphatic rings. The molecule has 0 bridgehead atoms. The molecule has 1 aliphatic heterocycles. The Balaban J connectivity index is 1.95. The highest BCUT2D eigenvalue weighted by molar-refractivity contribution is 5.76. The van der Waals surface area contributed by atoms with Crippen LogP contribution in [0, 0.1) is 0 Å². The fraction of sp³-hybridized carbons (Fsp3) is 0.611. The van der Waals surface area contributed by atoms with Crippen LogP contribution in [0.25, 0.3) is 0 Å². The average Bonchev–Trinajstić information content (AvgIpc) is 2.55. The third-order valence-electron chi connectivity index (χ3n) is 4.53. The predicted molar refractivity (Wildman–Crippen MR) is 93.2 cm³/mol. The van der Waals surface area contributed by atoms with Gasteiger partial charge in [-0.2, -0.15) is 0 Å². The van der Waals surface area contributed by atoms with Crippen LogP contribution in [-0.4, -0.2) is 37.0 Å². The third-order valence-corrected chi connectivity index (χ3v) is 4.53. The van der Waals surface area contributed by atoms with E-state index in [4.69, 9.17) is 5.73 Å². The van der Waals surface area contributed by atoms with E-state index in [-0.39, 0.29) is 5.91 Å². The van der Waals surface area contributed by atoms with E-state index < -0.39 is 0 Å². The summed E-state index contributed by atoms with van der Waals surface area (Å²) in [5, 5.41) is 0. The molecule has 22 heavy (non-hydrogen) atoms. The number of anilines is 2. The Morgan fingerprint density at radius 3 is 2.45 bits per heavy atom. The maximum atomic E-state index is 12.1. The zero-order chi connectivity index (χ0) is 15.9. The predicted octanol–water partition coefficient (Wildman–Crippen LogP) is 3.06. The largest absolute Gasteiger partial charge is 0.397 e. The van der Waals surface area contributed by atoms with E-state index >= 15 is 0 Å². The van der Waals surface area contributed by atoms with Crippen LogP contribution in [0.1, 0.15) is 45.1 Å². The molecule has 2 rings (SSSR count). The Bertz CT molecular complexity index is 491. The van der Waals surface area contributed by atoms with E-state index in [0.717, 1.165) is 49.5 Å². The molecule has 0 aliphatic carbocycles. The van der Waals surface area contributed by atoms with Crippen molar-refractivity contribution >= 4 is 17.3 Å². The maximum Gasteiger partial charge on any atom is 0.222 e. The third kappa shape index (κ3) is 4.15. The first-order valence-electron chi connectivity index (χ1n) is 8.56. The number of hydrogen-bond donors (Lipinski definition) is 1. The number of nitrogen functional groups attached to an aromatic ring is 1. The molecule has 122 valence electrons.